The summed E-state index contributed by atoms with van der Waals surface area (Å²) in [6, 6.07) is -3.27. The summed E-state index contributed by atoms with van der Waals surface area (Å²) in [4.78, 5) is 71.7. The van der Waals surface area contributed by atoms with Crippen LogP contribution in [0.4, 0.5) is 0 Å². The lowest BCUT2D eigenvalue weighted by Gasteiger charge is -2.41. The highest BCUT2D eigenvalue weighted by Gasteiger charge is 2.44. The molecule has 0 spiro atoms. The van der Waals surface area contributed by atoms with Crippen LogP contribution in [0.3, 0.4) is 0 Å². The zero-order chi connectivity index (χ0) is 41.9. The van der Waals surface area contributed by atoms with Gasteiger partial charge in [0, 0.05) is 27.8 Å². The standard InChI is InChI=1S/C39H72N6O9S/c1-14-25(8)34(44(11)39(50)33(24(6)7)42-38(49)32(40-10)23(4)5)30(53-12)21-31(46)45-19-15-16-29(45)35(54-13)26(9)36(47)41-28(20-22(2)3)37(48)43-55(51,52)27-17-18-27/h22-30,32-35,40H,14-21H2,1-13H3,(H,41,47)(H,42,49)(H,43,48)/t25-,26+,28-,29-,30+,32-,33-,34-,35+/m0/s1. The maximum absolute atomic E-state index is 14.2. The van der Waals surface area contributed by atoms with E-state index in [1.807, 2.05) is 55.4 Å². The Hall–Kier alpha value is -2.82. The fourth-order valence-electron chi connectivity index (χ4n) is 7.73. The van der Waals surface area contributed by atoms with Gasteiger partial charge in [0.2, 0.25) is 33.7 Å². The highest BCUT2D eigenvalue weighted by atomic mass is 32.2. The molecule has 1 saturated heterocycles. The van der Waals surface area contributed by atoms with Gasteiger partial charge in [0.05, 0.1) is 47.9 Å². The van der Waals surface area contributed by atoms with E-state index in [1.165, 1.54) is 14.2 Å². The summed E-state index contributed by atoms with van der Waals surface area (Å²) in [5.41, 5.74) is 0. The molecule has 4 N–H and O–H groups in total. The van der Waals surface area contributed by atoms with Crippen LogP contribution in [0.5, 0.6) is 0 Å². The van der Waals surface area contributed by atoms with Crippen molar-refractivity contribution in [2.75, 3.05) is 34.9 Å². The maximum atomic E-state index is 14.2. The summed E-state index contributed by atoms with van der Waals surface area (Å²) >= 11 is 0. The molecule has 0 aromatic heterocycles. The third-order valence-corrected chi connectivity index (χ3v) is 13.1. The van der Waals surface area contributed by atoms with Crippen LogP contribution in [-0.2, 0) is 43.5 Å². The third-order valence-electron chi connectivity index (χ3n) is 11.3. The molecule has 1 heterocycles. The largest absolute Gasteiger partial charge is 0.379 e. The van der Waals surface area contributed by atoms with E-state index in [1.54, 1.807) is 30.8 Å². The topological polar surface area (TPSA) is 193 Å². The van der Waals surface area contributed by atoms with Gasteiger partial charge in [0.25, 0.3) is 5.91 Å². The van der Waals surface area contributed by atoms with E-state index in [4.69, 9.17) is 9.47 Å². The van der Waals surface area contributed by atoms with Crippen LogP contribution in [0.1, 0.15) is 107 Å². The normalized spacial score (nSPS) is 20.7. The predicted molar refractivity (Wildman–Crippen MR) is 212 cm³/mol. The van der Waals surface area contributed by atoms with Crippen LogP contribution in [-0.4, -0.2) is 130 Å². The van der Waals surface area contributed by atoms with Gasteiger partial charge in [-0.15, -0.1) is 0 Å². The highest BCUT2D eigenvalue weighted by Crippen LogP contribution is 2.30. The lowest BCUT2D eigenvalue weighted by molar-refractivity contribution is -0.148. The average Bonchev–Trinajstić information content (AvgIpc) is 3.88. The van der Waals surface area contributed by atoms with Crippen LogP contribution in [0.15, 0.2) is 0 Å². The Kier molecular flexibility index (Phi) is 19.0. The minimum atomic E-state index is -3.80. The zero-order valence-corrected chi connectivity index (χ0v) is 36.5. The summed E-state index contributed by atoms with van der Waals surface area (Å²) < 4.78 is 39.0. The number of carbonyl (C=O) groups excluding carboxylic acids is 5. The fraction of sp³-hybridized carbons (Fsp3) is 0.872. The molecule has 1 aliphatic heterocycles. The van der Waals surface area contributed by atoms with Crippen LogP contribution < -0.4 is 20.7 Å². The summed E-state index contributed by atoms with van der Waals surface area (Å²) in [5.74, 6) is -3.03. The van der Waals surface area contributed by atoms with E-state index in [2.05, 4.69) is 20.7 Å². The second kappa shape index (κ2) is 21.6. The van der Waals surface area contributed by atoms with Gasteiger partial charge < -0.3 is 35.2 Å². The molecule has 2 fully saturated rings. The Balaban J connectivity index is 2.27. The Morgan fingerprint density at radius 3 is 1.91 bits per heavy atom. The van der Waals surface area contributed by atoms with Crippen molar-refractivity contribution in [3.8, 4) is 0 Å². The minimum Gasteiger partial charge on any atom is -0.379 e. The first-order chi connectivity index (χ1) is 25.7. The zero-order valence-electron chi connectivity index (χ0n) is 35.6. The molecule has 0 unspecified atom stereocenters. The predicted octanol–water partition coefficient (Wildman–Crippen LogP) is 2.43. The van der Waals surface area contributed by atoms with Crippen molar-refractivity contribution in [2.24, 2.45) is 29.6 Å². The van der Waals surface area contributed by atoms with E-state index >= 15 is 0 Å². The van der Waals surface area contributed by atoms with Crippen molar-refractivity contribution >= 4 is 39.6 Å². The lowest BCUT2D eigenvalue weighted by Crippen LogP contribution is -2.59. The third kappa shape index (κ3) is 13.1. The second-order valence-corrected chi connectivity index (χ2v) is 18.7. The number of likely N-dealkylation sites (tertiary alicyclic amines) is 1. The first-order valence-electron chi connectivity index (χ1n) is 20.1. The summed E-state index contributed by atoms with van der Waals surface area (Å²) in [6.45, 7) is 17.5. The van der Waals surface area contributed by atoms with E-state index in [0.717, 1.165) is 0 Å². The number of methoxy groups -OCH3 is 2. The van der Waals surface area contributed by atoms with E-state index < -0.39 is 75.4 Å². The Morgan fingerprint density at radius 1 is 0.836 bits per heavy atom. The number of sulfonamides is 1. The van der Waals surface area contributed by atoms with Gasteiger partial charge in [0.1, 0.15) is 12.1 Å². The monoisotopic (exact) mass is 801 g/mol. The molecule has 55 heavy (non-hydrogen) atoms. The molecule has 1 aliphatic carbocycles. The SMILES string of the molecule is CC[C@H](C)[C@@H]([C@@H](CC(=O)N1CCC[C@H]1[C@H](OC)[C@@H](C)C(=O)N[C@@H](CC(C)C)C(=O)NS(=O)(=O)C1CC1)OC)N(C)C(=O)[C@@H](NC(=O)[C@@H](NC)C(C)C)C(C)C. The number of amides is 5. The van der Waals surface area contributed by atoms with Crippen molar-refractivity contribution in [3.05, 3.63) is 0 Å². The van der Waals surface area contributed by atoms with E-state index in [0.29, 0.717) is 38.6 Å². The molecule has 0 bridgehead atoms. The molecule has 16 heteroatoms. The van der Waals surface area contributed by atoms with Crippen LogP contribution in [0.25, 0.3) is 0 Å². The Labute approximate surface area is 330 Å². The smallest absolute Gasteiger partial charge is 0.256 e. The maximum Gasteiger partial charge on any atom is 0.256 e. The molecule has 0 radical (unpaired) electrons. The number of likely N-dealkylation sites (N-methyl/N-ethyl adjacent to an activating group) is 2. The molecule has 1 saturated carbocycles. The van der Waals surface area contributed by atoms with Crippen molar-refractivity contribution in [1.29, 1.82) is 0 Å². The number of hydrogen-bond acceptors (Lipinski definition) is 10. The summed E-state index contributed by atoms with van der Waals surface area (Å²) in [6.07, 6.45) is 1.79. The van der Waals surface area contributed by atoms with Crippen molar-refractivity contribution in [1.82, 2.24) is 30.5 Å². The van der Waals surface area contributed by atoms with Crippen LogP contribution >= 0.6 is 0 Å². The molecule has 0 aromatic rings. The number of carbonyl (C=O) groups is 5. The molecule has 15 nitrogen and oxygen atoms in total. The van der Waals surface area contributed by atoms with Crippen LogP contribution in [0.2, 0.25) is 0 Å². The quantitative estimate of drug-likeness (QED) is 0.119. The van der Waals surface area contributed by atoms with Crippen molar-refractivity contribution in [2.45, 2.75) is 155 Å². The first-order valence-corrected chi connectivity index (χ1v) is 21.7. The number of nitrogens with one attached hydrogen (secondary N) is 4. The molecular weight excluding hydrogens is 729 g/mol. The molecule has 2 aliphatic rings. The molecule has 9 atom stereocenters. The Bertz CT molecular complexity index is 1410. The van der Waals surface area contributed by atoms with Crippen LogP contribution in [0, 0.1) is 29.6 Å². The number of ether oxygens (including phenoxy) is 2. The van der Waals surface area contributed by atoms with E-state index in [-0.39, 0.29) is 54.2 Å². The number of nitrogens with zero attached hydrogens (tertiary/aromatic N) is 2. The van der Waals surface area contributed by atoms with Gasteiger partial charge in [0.15, 0.2) is 0 Å². The van der Waals surface area contributed by atoms with Gasteiger partial charge in [-0.25, -0.2) is 8.42 Å². The summed E-state index contributed by atoms with van der Waals surface area (Å²) in [5, 5.41) is 8.18. The lowest BCUT2D eigenvalue weighted by atomic mass is 9.89. The minimum absolute atomic E-state index is 0.0101. The van der Waals surface area contributed by atoms with Gasteiger partial charge in [-0.05, 0) is 62.8 Å². The molecule has 0 aromatic carbocycles. The van der Waals surface area contributed by atoms with Crippen molar-refractivity contribution < 1.29 is 41.9 Å². The molecule has 318 valence electrons. The van der Waals surface area contributed by atoms with Gasteiger partial charge in [-0.1, -0.05) is 68.7 Å². The highest BCUT2D eigenvalue weighted by molar-refractivity contribution is 7.90. The molecule has 2 rings (SSSR count). The number of hydrogen-bond donors (Lipinski definition) is 4. The fourth-order valence-corrected chi connectivity index (χ4v) is 9.07. The van der Waals surface area contributed by atoms with Gasteiger partial charge in [-0.2, -0.15) is 0 Å². The average molecular weight is 801 g/mol. The second-order valence-electron chi connectivity index (χ2n) is 16.7. The summed E-state index contributed by atoms with van der Waals surface area (Å²) in [7, 11) is 2.62. The number of rotatable bonds is 23. The van der Waals surface area contributed by atoms with E-state index in [9.17, 15) is 32.4 Å². The van der Waals surface area contributed by atoms with Gasteiger partial charge in [-0.3, -0.25) is 28.7 Å². The molecular formula is C39H72N6O9S. The Morgan fingerprint density at radius 2 is 1.44 bits per heavy atom. The van der Waals surface area contributed by atoms with Gasteiger partial charge >= 0.3 is 0 Å². The van der Waals surface area contributed by atoms with Crippen molar-refractivity contribution in [3.63, 3.8) is 0 Å². The molecule has 5 amide bonds. The first kappa shape index (κ1) is 48.3.